The van der Waals surface area contributed by atoms with Crippen LogP contribution in [0.4, 0.5) is 0 Å². The van der Waals surface area contributed by atoms with Gasteiger partial charge in [-0.25, -0.2) is 0 Å². The molecule has 1 N–H and O–H groups in total. The van der Waals surface area contributed by atoms with Crippen molar-refractivity contribution in [3.05, 3.63) is 0 Å². The zero-order valence-corrected chi connectivity index (χ0v) is 9.52. The molecule has 13 heavy (non-hydrogen) atoms. The number of hydrogen-bond acceptors (Lipinski definition) is 2. The second-order valence-corrected chi connectivity index (χ2v) is 4.99. The fraction of sp³-hybridized carbons (Fsp3) is 0.909. The Bertz CT molecular complexity index is 177. The van der Waals surface area contributed by atoms with Crippen molar-refractivity contribution < 1.29 is 0 Å². The van der Waals surface area contributed by atoms with Gasteiger partial charge in [0.15, 0.2) is 0 Å². The molecule has 0 saturated carbocycles. The Morgan fingerprint density at radius 2 is 1.85 bits per heavy atom. The summed E-state index contributed by atoms with van der Waals surface area (Å²) in [4.78, 5) is 0. The molecule has 0 aromatic carbocycles. The van der Waals surface area contributed by atoms with Gasteiger partial charge in [0.25, 0.3) is 0 Å². The van der Waals surface area contributed by atoms with Crippen molar-refractivity contribution in [3.63, 3.8) is 0 Å². The predicted octanol–water partition coefficient (Wildman–Crippen LogP) is 2.56. The molecule has 0 amide bonds. The van der Waals surface area contributed by atoms with Crippen LogP contribution in [0.1, 0.15) is 41.0 Å². The molecule has 0 bridgehead atoms. The molecule has 0 heterocycles. The molecule has 76 valence electrons. The molecule has 1 atom stereocenters. The summed E-state index contributed by atoms with van der Waals surface area (Å²) in [7, 11) is 0. The van der Waals surface area contributed by atoms with Gasteiger partial charge in [-0.3, -0.25) is 0 Å². The van der Waals surface area contributed by atoms with Crippen LogP contribution in [0.5, 0.6) is 0 Å². The van der Waals surface area contributed by atoms with Crippen LogP contribution in [-0.2, 0) is 0 Å². The molecule has 2 heteroatoms. The third-order valence-electron chi connectivity index (χ3n) is 2.04. The summed E-state index contributed by atoms with van der Waals surface area (Å²) >= 11 is 0. The topological polar surface area (TPSA) is 35.8 Å². The van der Waals surface area contributed by atoms with Gasteiger partial charge in [0.1, 0.15) is 0 Å². The van der Waals surface area contributed by atoms with Crippen LogP contribution in [0, 0.1) is 22.7 Å². The van der Waals surface area contributed by atoms with Gasteiger partial charge in [-0.2, -0.15) is 5.26 Å². The maximum absolute atomic E-state index is 8.60. The van der Waals surface area contributed by atoms with Crippen LogP contribution in [0.2, 0.25) is 0 Å². The standard InChI is InChI=1S/C11H22N2/c1-9(2)6-11(4,5)8-13-10(3)7-12/h9-10,13H,6,8H2,1-5H3. The maximum Gasteiger partial charge on any atom is 0.0924 e. The molecular weight excluding hydrogens is 160 g/mol. The lowest BCUT2D eigenvalue weighted by atomic mass is 9.84. The normalized spacial score (nSPS) is 14.2. The highest BCUT2D eigenvalue weighted by Gasteiger charge is 2.19. The summed E-state index contributed by atoms with van der Waals surface area (Å²) in [5.74, 6) is 0.717. The van der Waals surface area contributed by atoms with E-state index in [1.807, 2.05) is 6.92 Å². The Balaban J connectivity index is 3.83. The second-order valence-electron chi connectivity index (χ2n) is 4.99. The van der Waals surface area contributed by atoms with Gasteiger partial charge in [-0.05, 0) is 24.7 Å². The summed E-state index contributed by atoms with van der Waals surface area (Å²) in [6.45, 7) is 11.8. The fourth-order valence-electron chi connectivity index (χ4n) is 1.65. The van der Waals surface area contributed by atoms with Gasteiger partial charge in [0, 0.05) is 6.54 Å². The summed E-state index contributed by atoms with van der Waals surface area (Å²) in [5.41, 5.74) is 0.291. The molecule has 0 spiro atoms. The first kappa shape index (κ1) is 12.4. The third-order valence-corrected chi connectivity index (χ3v) is 2.04. The van der Waals surface area contributed by atoms with E-state index >= 15 is 0 Å². The molecule has 0 aromatic rings. The number of nitriles is 1. The van der Waals surface area contributed by atoms with Crippen LogP contribution in [0.25, 0.3) is 0 Å². The molecule has 0 rings (SSSR count). The Kier molecular flexibility index (Phi) is 5.02. The molecule has 0 aliphatic rings. The molecular formula is C11H22N2. The molecule has 0 aromatic heterocycles. The molecule has 1 unspecified atom stereocenters. The first-order valence-electron chi connectivity index (χ1n) is 5.00. The van der Waals surface area contributed by atoms with Gasteiger partial charge < -0.3 is 5.32 Å². The third kappa shape index (κ3) is 6.60. The summed E-state index contributed by atoms with van der Waals surface area (Å²) < 4.78 is 0. The van der Waals surface area contributed by atoms with Crippen molar-refractivity contribution in [2.45, 2.75) is 47.1 Å². The van der Waals surface area contributed by atoms with Gasteiger partial charge >= 0.3 is 0 Å². The Morgan fingerprint density at radius 3 is 2.23 bits per heavy atom. The number of rotatable bonds is 5. The van der Waals surface area contributed by atoms with Crippen molar-refractivity contribution in [3.8, 4) is 6.07 Å². The van der Waals surface area contributed by atoms with Crippen LogP contribution >= 0.6 is 0 Å². The van der Waals surface area contributed by atoms with E-state index in [1.165, 1.54) is 6.42 Å². The quantitative estimate of drug-likeness (QED) is 0.709. The van der Waals surface area contributed by atoms with E-state index in [0.717, 1.165) is 6.54 Å². The first-order valence-corrected chi connectivity index (χ1v) is 5.00. The smallest absolute Gasteiger partial charge is 0.0924 e. The highest BCUT2D eigenvalue weighted by molar-refractivity contribution is 4.87. The average molecular weight is 182 g/mol. The van der Waals surface area contributed by atoms with E-state index < -0.39 is 0 Å². The van der Waals surface area contributed by atoms with Gasteiger partial charge in [0.2, 0.25) is 0 Å². The summed E-state index contributed by atoms with van der Waals surface area (Å²) in [6, 6.07) is 2.14. The summed E-state index contributed by atoms with van der Waals surface area (Å²) in [6.07, 6.45) is 1.19. The predicted molar refractivity (Wildman–Crippen MR) is 56.3 cm³/mol. The van der Waals surface area contributed by atoms with E-state index in [4.69, 9.17) is 5.26 Å². The van der Waals surface area contributed by atoms with Crippen molar-refractivity contribution >= 4 is 0 Å². The van der Waals surface area contributed by atoms with Crippen LogP contribution < -0.4 is 5.32 Å². The van der Waals surface area contributed by atoms with Gasteiger partial charge in [-0.15, -0.1) is 0 Å². The van der Waals surface area contributed by atoms with Gasteiger partial charge in [-0.1, -0.05) is 27.7 Å². The number of nitrogens with one attached hydrogen (secondary N) is 1. The van der Waals surface area contributed by atoms with Crippen molar-refractivity contribution in [1.29, 1.82) is 5.26 Å². The zero-order valence-electron chi connectivity index (χ0n) is 9.52. The SMILES string of the molecule is CC(C)CC(C)(C)CNC(C)C#N. The molecule has 0 aliphatic heterocycles. The Labute approximate surface area is 82.3 Å². The minimum Gasteiger partial charge on any atom is -0.302 e. The molecule has 2 nitrogen and oxygen atoms in total. The van der Waals surface area contributed by atoms with E-state index in [1.54, 1.807) is 0 Å². The minimum atomic E-state index is -0.0357. The monoisotopic (exact) mass is 182 g/mol. The van der Waals surface area contributed by atoms with Crippen molar-refractivity contribution in [2.75, 3.05) is 6.54 Å². The maximum atomic E-state index is 8.60. The Hall–Kier alpha value is -0.550. The highest BCUT2D eigenvalue weighted by atomic mass is 14.9. The Morgan fingerprint density at radius 1 is 1.31 bits per heavy atom. The molecule has 0 aliphatic carbocycles. The largest absolute Gasteiger partial charge is 0.302 e. The lowest BCUT2D eigenvalue weighted by Crippen LogP contribution is -2.35. The molecule has 0 radical (unpaired) electrons. The fourth-order valence-corrected chi connectivity index (χ4v) is 1.65. The molecule has 0 fully saturated rings. The van der Waals surface area contributed by atoms with Crippen LogP contribution in [0.15, 0.2) is 0 Å². The zero-order chi connectivity index (χ0) is 10.5. The molecule has 0 saturated heterocycles. The average Bonchev–Trinajstić information content (AvgIpc) is 1.98. The van der Waals surface area contributed by atoms with Gasteiger partial charge in [0.05, 0.1) is 12.1 Å². The first-order chi connectivity index (χ1) is 5.87. The van der Waals surface area contributed by atoms with E-state index in [2.05, 4.69) is 39.1 Å². The van der Waals surface area contributed by atoms with Crippen LogP contribution in [-0.4, -0.2) is 12.6 Å². The lowest BCUT2D eigenvalue weighted by Gasteiger charge is -2.27. The second kappa shape index (κ2) is 5.24. The van der Waals surface area contributed by atoms with Crippen LogP contribution in [0.3, 0.4) is 0 Å². The summed E-state index contributed by atoms with van der Waals surface area (Å²) in [5, 5.41) is 11.8. The van der Waals surface area contributed by atoms with Crippen molar-refractivity contribution in [2.24, 2.45) is 11.3 Å². The lowest BCUT2D eigenvalue weighted by molar-refractivity contribution is 0.270. The minimum absolute atomic E-state index is 0.0357. The highest BCUT2D eigenvalue weighted by Crippen LogP contribution is 2.24. The van der Waals surface area contributed by atoms with E-state index in [9.17, 15) is 0 Å². The van der Waals surface area contributed by atoms with E-state index in [-0.39, 0.29) is 6.04 Å². The number of nitrogens with zero attached hydrogens (tertiary/aromatic N) is 1. The number of hydrogen-bond donors (Lipinski definition) is 1. The van der Waals surface area contributed by atoms with Crippen molar-refractivity contribution in [1.82, 2.24) is 5.32 Å². The van der Waals surface area contributed by atoms with E-state index in [0.29, 0.717) is 11.3 Å².